The summed E-state index contributed by atoms with van der Waals surface area (Å²) >= 11 is 5.37. The Balaban J connectivity index is 1.38. The predicted molar refractivity (Wildman–Crippen MR) is 98.1 cm³/mol. The molecule has 2 saturated heterocycles. The van der Waals surface area contributed by atoms with Crippen LogP contribution in [0.1, 0.15) is 36.0 Å². The van der Waals surface area contributed by atoms with Crippen LogP contribution in [0.15, 0.2) is 30.3 Å². The van der Waals surface area contributed by atoms with Crippen molar-refractivity contribution in [3.05, 3.63) is 35.9 Å². The molecule has 1 atom stereocenters. The van der Waals surface area contributed by atoms with Crippen molar-refractivity contribution >= 4 is 23.2 Å². The van der Waals surface area contributed by atoms with Crippen molar-refractivity contribution in [1.82, 2.24) is 15.5 Å². The molecule has 0 aromatic heterocycles. The Morgan fingerprint density at radius 2 is 1.96 bits per heavy atom. The van der Waals surface area contributed by atoms with Gasteiger partial charge in [-0.05, 0) is 50.0 Å². The quantitative estimate of drug-likeness (QED) is 0.815. The van der Waals surface area contributed by atoms with Crippen LogP contribution in [-0.4, -0.2) is 54.3 Å². The highest BCUT2D eigenvalue weighted by atomic mass is 32.1. The number of hydrogen-bond acceptors (Lipinski definition) is 3. The van der Waals surface area contributed by atoms with Crippen LogP contribution in [0.25, 0.3) is 0 Å². The van der Waals surface area contributed by atoms with Gasteiger partial charge < -0.3 is 20.3 Å². The van der Waals surface area contributed by atoms with Crippen LogP contribution in [0, 0.1) is 0 Å². The minimum Gasteiger partial charge on any atom is -0.376 e. The number of carbonyl (C=O) groups is 1. The molecule has 5 nitrogen and oxygen atoms in total. The van der Waals surface area contributed by atoms with Crippen LogP contribution in [0.5, 0.6) is 0 Å². The standard InChI is InChI=1S/C18H25N3O2S/c22-17(14-5-2-1-3-6-14)21-10-8-15(9-11-21)20-18(24)19-13-16-7-4-12-23-16/h1-3,5-6,15-16H,4,7-13H2,(H2,19,20,24)/t16-/m1/s1. The molecule has 1 amide bonds. The van der Waals surface area contributed by atoms with Crippen molar-refractivity contribution in [3.8, 4) is 0 Å². The molecule has 0 aliphatic carbocycles. The Bertz CT molecular complexity index is 553. The molecule has 1 aromatic carbocycles. The zero-order valence-corrected chi connectivity index (χ0v) is 14.7. The van der Waals surface area contributed by atoms with Gasteiger partial charge in [-0.25, -0.2) is 0 Å². The number of carbonyl (C=O) groups excluding carboxylic acids is 1. The smallest absolute Gasteiger partial charge is 0.253 e. The fourth-order valence-corrected chi connectivity index (χ4v) is 3.49. The van der Waals surface area contributed by atoms with Gasteiger partial charge in [0.2, 0.25) is 0 Å². The molecule has 2 heterocycles. The fraction of sp³-hybridized carbons (Fsp3) is 0.556. The van der Waals surface area contributed by atoms with E-state index in [0.29, 0.717) is 11.2 Å². The molecule has 130 valence electrons. The van der Waals surface area contributed by atoms with Gasteiger partial charge in [-0.15, -0.1) is 0 Å². The Kier molecular flexibility index (Phi) is 6.04. The lowest BCUT2D eigenvalue weighted by molar-refractivity contribution is 0.0710. The average Bonchev–Trinajstić information content (AvgIpc) is 3.14. The van der Waals surface area contributed by atoms with Crippen LogP contribution in [0.2, 0.25) is 0 Å². The maximum absolute atomic E-state index is 12.4. The lowest BCUT2D eigenvalue weighted by atomic mass is 10.0. The SMILES string of the molecule is O=C(c1ccccc1)N1CCC(NC(=S)NC[C@H]2CCCO2)CC1. The maximum atomic E-state index is 12.4. The van der Waals surface area contributed by atoms with E-state index in [-0.39, 0.29) is 12.0 Å². The second-order valence-electron chi connectivity index (χ2n) is 6.42. The normalized spacial score (nSPS) is 21.5. The average molecular weight is 347 g/mol. The zero-order valence-electron chi connectivity index (χ0n) is 13.9. The van der Waals surface area contributed by atoms with E-state index in [1.807, 2.05) is 35.2 Å². The van der Waals surface area contributed by atoms with Gasteiger partial charge in [0, 0.05) is 37.8 Å². The molecule has 0 radical (unpaired) electrons. The zero-order chi connectivity index (χ0) is 16.8. The van der Waals surface area contributed by atoms with Gasteiger partial charge in [-0.3, -0.25) is 4.79 Å². The second kappa shape index (κ2) is 8.44. The molecule has 2 aliphatic rings. The van der Waals surface area contributed by atoms with E-state index in [4.69, 9.17) is 17.0 Å². The summed E-state index contributed by atoms with van der Waals surface area (Å²) in [6.45, 7) is 3.16. The van der Waals surface area contributed by atoms with E-state index >= 15 is 0 Å². The molecule has 2 aliphatic heterocycles. The van der Waals surface area contributed by atoms with Gasteiger partial charge in [-0.2, -0.15) is 0 Å². The van der Waals surface area contributed by atoms with Gasteiger partial charge in [0.25, 0.3) is 5.91 Å². The van der Waals surface area contributed by atoms with Crippen LogP contribution < -0.4 is 10.6 Å². The Morgan fingerprint density at radius 1 is 1.21 bits per heavy atom. The van der Waals surface area contributed by atoms with Crippen LogP contribution in [-0.2, 0) is 4.74 Å². The molecule has 1 aromatic rings. The summed E-state index contributed by atoms with van der Waals surface area (Å²) in [5.74, 6) is 0.119. The summed E-state index contributed by atoms with van der Waals surface area (Å²) < 4.78 is 5.58. The van der Waals surface area contributed by atoms with Crippen LogP contribution in [0.3, 0.4) is 0 Å². The number of hydrogen-bond donors (Lipinski definition) is 2. The van der Waals surface area contributed by atoms with Crippen molar-refractivity contribution in [3.63, 3.8) is 0 Å². The third-order valence-electron chi connectivity index (χ3n) is 4.65. The first-order chi connectivity index (χ1) is 11.7. The van der Waals surface area contributed by atoms with Gasteiger partial charge >= 0.3 is 0 Å². The molecule has 24 heavy (non-hydrogen) atoms. The number of amides is 1. The fourth-order valence-electron chi connectivity index (χ4n) is 3.24. The number of nitrogens with one attached hydrogen (secondary N) is 2. The van der Waals surface area contributed by atoms with E-state index < -0.39 is 0 Å². The van der Waals surface area contributed by atoms with Crippen molar-refractivity contribution in [2.45, 2.75) is 37.8 Å². The monoisotopic (exact) mass is 347 g/mol. The molecule has 0 bridgehead atoms. The van der Waals surface area contributed by atoms with Crippen molar-refractivity contribution in [2.24, 2.45) is 0 Å². The van der Waals surface area contributed by atoms with E-state index in [1.54, 1.807) is 0 Å². The predicted octanol–water partition coefficient (Wildman–Crippen LogP) is 1.93. The summed E-state index contributed by atoms with van der Waals surface area (Å²) in [4.78, 5) is 14.4. The number of ether oxygens (including phenoxy) is 1. The molecular weight excluding hydrogens is 322 g/mol. The molecule has 6 heteroatoms. The number of thiocarbonyl (C=S) groups is 1. The van der Waals surface area contributed by atoms with E-state index in [2.05, 4.69) is 10.6 Å². The Hall–Kier alpha value is -1.66. The lowest BCUT2D eigenvalue weighted by Crippen LogP contribution is -2.49. The largest absolute Gasteiger partial charge is 0.376 e. The highest BCUT2D eigenvalue weighted by molar-refractivity contribution is 7.80. The summed E-state index contributed by atoms with van der Waals surface area (Å²) in [5.41, 5.74) is 0.762. The molecule has 2 fully saturated rings. The van der Waals surface area contributed by atoms with Gasteiger partial charge in [-0.1, -0.05) is 18.2 Å². The molecule has 3 rings (SSSR count). The van der Waals surface area contributed by atoms with Crippen molar-refractivity contribution < 1.29 is 9.53 Å². The van der Waals surface area contributed by atoms with Crippen molar-refractivity contribution in [1.29, 1.82) is 0 Å². The summed E-state index contributed by atoms with van der Waals surface area (Å²) in [6.07, 6.45) is 4.37. The van der Waals surface area contributed by atoms with E-state index in [9.17, 15) is 4.79 Å². The van der Waals surface area contributed by atoms with Gasteiger partial charge in [0.15, 0.2) is 5.11 Å². The van der Waals surface area contributed by atoms with Crippen LogP contribution in [0.4, 0.5) is 0 Å². The molecular formula is C18H25N3O2S. The van der Waals surface area contributed by atoms with Gasteiger partial charge in [0.05, 0.1) is 6.10 Å². The molecule has 2 N–H and O–H groups in total. The topological polar surface area (TPSA) is 53.6 Å². The Morgan fingerprint density at radius 3 is 2.62 bits per heavy atom. The Labute approximate surface area is 148 Å². The second-order valence-corrected chi connectivity index (χ2v) is 6.83. The number of likely N-dealkylation sites (tertiary alicyclic amines) is 1. The summed E-state index contributed by atoms with van der Waals surface area (Å²) in [6, 6.07) is 9.80. The number of piperidine rings is 1. The number of benzene rings is 1. The lowest BCUT2D eigenvalue weighted by Gasteiger charge is -2.33. The van der Waals surface area contributed by atoms with E-state index in [1.165, 1.54) is 0 Å². The first-order valence-corrected chi connectivity index (χ1v) is 9.13. The van der Waals surface area contributed by atoms with Crippen molar-refractivity contribution in [2.75, 3.05) is 26.2 Å². The maximum Gasteiger partial charge on any atom is 0.253 e. The summed E-state index contributed by atoms with van der Waals surface area (Å²) in [7, 11) is 0. The number of rotatable bonds is 4. The molecule has 0 spiro atoms. The number of nitrogens with zero attached hydrogens (tertiary/aromatic N) is 1. The van der Waals surface area contributed by atoms with E-state index in [0.717, 1.165) is 57.5 Å². The molecule has 0 unspecified atom stereocenters. The first-order valence-electron chi connectivity index (χ1n) is 8.72. The third kappa shape index (κ3) is 4.68. The minimum atomic E-state index is 0.119. The minimum absolute atomic E-state index is 0.119. The van der Waals surface area contributed by atoms with Crippen LogP contribution >= 0.6 is 12.2 Å². The summed E-state index contributed by atoms with van der Waals surface area (Å²) in [5, 5.41) is 7.31. The highest BCUT2D eigenvalue weighted by Crippen LogP contribution is 2.14. The third-order valence-corrected chi connectivity index (χ3v) is 4.91. The van der Waals surface area contributed by atoms with Gasteiger partial charge in [0.1, 0.15) is 0 Å². The highest BCUT2D eigenvalue weighted by Gasteiger charge is 2.24. The first kappa shape index (κ1) is 17.2. The molecule has 0 saturated carbocycles.